The molecule has 10 atom stereocenters. The summed E-state index contributed by atoms with van der Waals surface area (Å²) in [6.07, 6.45) is -14.9. The van der Waals surface area contributed by atoms with Crippen molar-refractivity contribution in [3.8, 4) is 0 Å². The average Bonchev–Trinajstić information content (AvgIpc) is 2.90. The van der Waals surface area contributed by atoms with Gasteiger partial charge in [-0.25, -0.2) is 0 Å². The van der Waals surface area contributed by atoms with Gasteiger partial charge in [-0.3, -0.25) is 0 Å². The second-order valence-corrected chi connectivity index (χ2v) is 9.05. The van der Waals surface area contributed by atoms with E-state index in [2.05, 4.69) is 5.32 Å². The van der Waals surface area contributed by atoms with Crippen molar-refractivity contribution in [3.63, 3.8) is 0 Å². The van der Waals surface area contributed by atoms with Gasteiger partial charge < -0.3 is 65.7 Å². The predicted octanol–water partition coefficient (Wildman–Crippen LogP) is -2.53. The first-order valence-electron chi connectivity index (χ1n) is 12.0. The van der Waals surface area contributed by atoms with Gasteiger partial charge in [-0.1, -0.05) is 24.3 Å². The first kappa shape index (κ1) is 27.9. The fourth-order valence-electron chi connectivity index (χ4n) is 4.54. The summed E-state index contributed by atoms with van der Waals surface area (Å²) in [5.74, 6) is 0. The second kappa shape index (κ2) is 12.1. The van der Waals surface area contributed by atoms with Crippen LogP contribution in [-0.2, 0) is 18.9 Å². The molecule has 2 saturated heterocycles. The molecule has 0 saturated carbocycles. The number of hydrogen-bond acceptors (Lipinski definition) is 13. The molecule has 37 heavy (non-hydrogen) atoms. The standard InChI is InChI=1S/C24H34N2O11/c25-13-5-1-4-12-11(13)3-2-6-14(12)26-7-8-34-23-21(33)19(31)22(16(10-28)36-23)37-24-20(32)18(30)17(29)15(9-27)35-24/h1-6,15-24,26-33H,7-10,25H2/t15-,16-,17+,18+,19-,20-,21-,22-,23-,24+/m1/s1. The summed E-state index contributed by atoms with van der Waals surface area (Å²) in [5, 5.41) is 75.5. The van der Waals surface area contributed by atoms with E-state index in [0.29, 0.717) is 12.2 Å². The van der Waals surface area contributed by atoms with Crippen molar-refractivity contribution in [1.82, 2.24) is 0 Å². The van der Waals surface area contributed by atoms with Crippen LogP contribution in [0.3, 0.4) is 0 Å². The first-order valence-corrected chi connectivity index (χ1v) is 12.0. The summed E-state index contributed by atoms with van der Waals surface area (Å²) in [6.45, 7) is -0.910. The Kier molecular flexibility index (Phi) is 9.15. The van der Waals surface area contributed by atoms with Crippen molar-refractivity contribution < 1.29 is 54.7 Å². The fraction of sp³-hybridized carbons (Fsp3) is 0.583. The molecule has 206 valence electrons. The maximum absolute atomic E-state index is 10.7. The molecule has 13 nitrogen and oxygen atoms in total. The normalized spacial score (nSPS) is 36.5. The van der Waals surface area contributed by atoms with Crippen molar-refractivity contribution in [2.24, 2.45) is 0 Å². The van der Waals surface area contributed by atoms with E-state index < -0.39 is 74.6 Å². The third-order valence-electron chi connectivity index (χ3n) is 6.62. The number of nitrogens with one attached hydrogen (secondary N) is 1. The number of ether oxygens (including phenoxy) is 4. The van der Waals surface area contributed by atoms with Gasteiger partial charge in [-0.05, 0) is 12.1 Å². The topological polar surface area (TPSA) is 217 Å². The Morgan fingerprint density at radius 2 is 1.41 bits per heavy atom. The summed E-state index contributed by atoms with van der Waals surface area (Å²) < 4.78 is 22.0. The molecule has 0 aliphatic carbocycles. The number of rotatable bonds is 9. The quantitative estimate of drug-likeness (QED) is 0.122. The number of aliphatic hydroxyl groups excluding tert-OH is 7. The molecule has 2 fully saturated rings. The summed E-state index contributed by atoms with van der Waals surface area (Å²) in [5.41, 5.74) is 7.52. The van der Waals surface area contributed by atoms with Crippen molar-refractivity contribution in [1.29, 1.82) is 0 Å². The van der Waals surface area contributed by atoms with Gasteiger partial charge in [0.25, 0.3) is 0 Å². The fourth-order valence-corrected chi connectivity index (χ4v) is 4.54. The number of nitrogens with two attached hydrogens (primary N) is 1. The Morgan fingerprint density at radius 3 is 2.14 bits per heavy atom. The number of benzene rings is 2. The van der Waals surface area contributed by atoms with E-state index in [4.69, 9.17) is 24.7 Å². The van der Waals surface area contributed by atoms with Crippen LogP contribution in [0, 0.1) is 0 Å². The molecule has 2 aliphatic heterocycles. The number of anilines is 2. The number of nitrogen functional groups attached to an aromatic ring is 1. The van der Waals surface area contributed by atoms with Crippen LogP contribution in [0.4, 0.5) is 11.4 Å². The van der Waals surface area contributed by atoms with Crippen LogP contribution in [0.2, 0.25) is 0 Å². The Bertz CT molecular complexity index is 1030. The lowest BCUT2D eigenvalue weighted by Gasteiger charge is -2.45. The molecule has 2 aromatic carbocycles. The van der Waals surface area contributed by atoms with Crippen LogP contribution in [0.5, 0.6) is 0 Å². The third-order valence-corrected chi connectivity index (χ3v) is 6.62. The molecule has 4 rings (SSSR count). The van der Waals surface area contributed by atoms with E-state index in [0.717, 1.165) is 16.5 Å². The van der Waals surface area contributed by atoms with Crippen molar-refractivity contribution >= 4 is 22.1 Å². The molecule has 13 heteroatoms. The van der Waals surface area contributed by atoms with Crippen molar-refractivity contribution in [2.75, 3.05) is 37.4 Å². The molecule has 0 spiro atoms. The molecular formula is C24H34N2O11. The highest BCUT2D eigenvalue weighted by molar-refractivity contribution is 6.00. The molecule has 2 aliphatic rings. The SMILES string of the molecule is Nc1cccc2c(NCCO[C@@H]3O[C@H](CO)[C@@H](O[C@@H]4O[C@H](CO)[C@H](O)[C@H](O)[C@H]4O)[C@H](O)[C@H]3O)cccc12. The summed E-state index contributed by atoms with van der Waals surface area (Å²) in [6, 6.07) is 11.3. The molecule has 0 aromatic heterocycles. The Morgan fingerprint density at radius 1 is 0.757 bits per heavy atom. The first-order chi connectivity index (χ1) is 17.8. The molecular weight excluding hydrogens is 492 g/mol. The van der Waals surface area contributed by atoms with Gasteiger partial charge in [0.1, 0.15) is 48.8 Å². The molecule has 0 unspecified atom stereocenters. The smallest absolute Gasteiger partial charge is 0.187 e. The molecule has 2 heterocycles. The highest BCUT2D eigenvalue weighted by Gasteiger charge is 2.50. The predicted molar refractivity (Wildman–Crippen MR) is 129 cm³/mol. The lowest BCUT2D eigenvalue weighted by molar-refractivity contribution is -0.359. The number of hydrogen-bond donors (Lipinski definition) is 9. The summed E-state index contributed by atoms with van der Waals surface area (Å²) in [7, 11) is 0. The molecule has 0 bridgehead atoms. The van der Waals surface area contributed by atoms with E-state index in [1.807, 2.05) is 36.4 Å². The summed E-state index contributed by atoms with van der Waals surface area (Å²) in [4.78, 5) is 0. The maximum atomic E-state index is 10.7. The minimum Gasteiger partial charge on any atom is -0.398 e. The summed E-state index contributed by atoms with van der Waals surface area (Å²) >= 11 is 0. The van der Waals surface area contributed by atoms with Gasteiger partial charge in [0.05, 0.1) is 19.8 Å². The van der Waals surface area contributed by atoms with Crippen LogP contribution in [-0.4, -0.2) is 124 Å². The van der Waals surface area contributed by atoms with E-state index >= 15 is 0 Å². The minimum absolute atomic E-state index is 0.0729. The van der Waals surface area contributed by atoms with Crippen LogP contribution in [0.1, 0.15) is 0 Å². The number of fused-ring (bicyclic) bond motifs is 1. The van der Waals surface area contributed by atoms with Crippen LogP contribution in [0.25, 0.3) is 10.8 Å². The third kappa shape index (κ3) is 5.82. The van der Waals surface area contributed by atoms with Crippen molar-refractivity contribution in [3.05, 3.63) is 36.4 Å². The minimum atomic E-state index is -1.73. The lowest BCUT2D eigenvalue weighted by Crippen LogP contribution is -2.64. The average molecular weight is 527 g/mol. The van der Waals surface area contributed by atoms with Crippen LogP contribution in [0.15, 0.2) is 36.4 Å². The van der Waals surface area contributed by atoms with E-state index in [9.17, 15) is 35.7 Å². The second-order valence-electron chi connectivity index (χ2n) is 9.05. The zero-order valence-corrected chi connectivity index (χ0v) is 19.9. The van der Waals surface area contributed by atoms with Crippen LogP contribution >= 0.6 is 0 Å². The zero-order valence-electron chi connectivity index (χ0n) is 19.9. The van der Waals surface area contributed by atoms with Crippen LogP contribution < -0.4 is 11.1 Å². The highest BCUT2D eigenvalue weighted by atomic mass is 16.7. The monoisotopic (exact) mass is 526 g/mol. The van der Waals surface area contributed by atoms with Gasteiger partial charge in [0.15, 0.2) is 12.6 Å². The molecule has 10 N–H and O–H groups in total. The number of aliphatic hydroxyl groups is 7. The van der Waals surface area contributed by atoms with Gasteiger partial charge in [-0.2, -0.15) is 0 Å². The Labute approximate surface area is 212 Å². The molecule has 2 aromatic rings. The van der Waals surface area contributed by atoms with Gasteiger partial charge in [0.2, 0.25) is 0 Å². The lowest BCUT2D eigenvalue weighted by atomic mass is 9.97. The van der Waals surface area contributed by atoms with E-state index in [-0.39, 0.29) is 6.61 Å². The molecule has 0 amide bonds. The van der Waals surface area contributed by atoms with E-state index in [1.54, 1.807) is 0 Å². The van der Waals surface area contributed by atoms with Crippen molar-refractivity contribution in [2.45, 2.75) is 61.4 Å². The largest absolute Gasteiger partial charge is 0.398 e. The Balaban J connectivity index is 1.34. The Hall–Kier alpha value is -2.14. The van der Waals surface area contributed by atoms with Gasteiger partial charge in [-0.15, -0.1) is 0 Å². The van der Waals surface area contributed by atoms with Gasteiger partial charge in [0, 0.05) is 28.7 Å². The highest BCUT2D eigenvalue weighted by Crippen LogP contribution is 2.30. The van der Waals surface area contributed by atoms with Gasteiger partial charge >= 0.3 is 0 Å². The molecule has 0 radical (unpaired) electrons. The maximum Gasteiger partial charge on any atom is 0.187 e. The zero-order chi connectivity index (χ0) is 26.7. The van der Waals surface area contributed by atoms with E-state index in [1.165, 1.54) is 0 Å².